The first kappa shape index (κ1) is 13.0. The second-order valence-corrected chi connectivity index (χ2v) is 5.67. The summed E-state index contributed by atoms with van der Waals surface area (Å²) >= 11 is 0. The van der Waals surface area contributed by atoms with Gasteiger partial charge in [0.05, 0.1) is 6.20 Å². The summed E-state index contributed by atoms with van der Waals surface area (Å²) in [6.07, 6.45) is 11.1. The molecule has 0 aliphatic heterocycles. The third-order valence-electron chi connectivity index (χ3n) is 4.18. The number of pyridine rings is 2. The monoisotopic (exact) mass is 315 g/mol. The number of fused-ring (bicyclic) bond motifs is 2. The normalized spacial score (nSPS) is 11.5. The molecular formula is C17H13N7. The molecule has 0 spiro atoms. The van der Waals surface area contributed by atoms with Crippen molar-refractivity contribution in [3.8, 4) is 22.3 Å². The van der Waals surface area contributed by atoms with E-state index in [2.05, 4.69) is 25.1 Å². The maximum absolute atomic E-state index is 4.46. The van der Waals surface area contributed by atoms with Crippen LogP contribution in [0, 0.1) is 0 Å². The van der Waals surface area contributed by atoms with Crippen molar-refractivity contribution in [2.24, 2.45) is 7.05 Å². The summed E-state index contributed by atoms with van der Waals surface area (Å²) < 4.78 is 3.55. The van der Waals surface area contributed by atoms with Crippen LogP contribution in [0.2, 0.25) is 0 Å². The molecule has 0 radical (unpaired) electrons. The lowest BCUT2D eigenvalue weighted by molar-refractivity contribution is 0.768. The van der Waals surface area contributed by atoms with Crippen LogP contribution in [0.3, 0.4) is 0 Å². The lowest BCUT2D eigenvalue weighted by Gasteiger charge is -2.04. The third kappa shape index (κ3) is 1.84. The molecule has 7 heteroatoms. The van der Waals surface area contributed by atoms with E-state index in [-0.39, 0.29) is 0 Å². The molecule has 7 nitrogen and oxygen atoms in total. The Hall–Kier alpha value is -3.48. The lowest BCUT2D eigenvalue weighted by atomic mass is 10.0. The van der Waals surface area contributed by atoms with Crippen LogP contribution < -0.4 is 0 Å². The van der Waals surface area contributed by atoms with Gasteiger partial charge in [0, 0.05) is 48.3 Å². The molecule has 0 bridgehead atoms. The van der Waals surface area contributed by atoms with Crippen LogP contribution in [0.15, 0.2) is 55.5 Å². The Kier molecular flexibility index (Phi) is 2.58. The van der Waals surface area contributed by atoms with E-state index in [1.807, 2.05) is 56.2 Å². The Morgan fingerprint density at radius 3 is 2.88 bits per heavy atom. The van der Waals surface area contributed by atoms with Crippen molar-refractivity contribution in [2.75, 3.05) is 0 Å². The Morgan fingerprint density at radius 2 is 2.00 bits per heavy atom. The van der Waals surface area contributed by atoms with Crippen molar-refractivity contribution >= 4 is 16.7 Å². The van der Waals surface area contributed by atoms with Crippen molar-refractivity contribution in [1.29, 1.82) is 0 Å². The molecule has 0 aliphatic rings. The Balaban J connectivity index is 1.79. The van der Waals surface area contributed by atoms with E-state index in [4.69, 9.17) is 0 Å². The highest BCUT2D eigenvalue weighted by molar-refractivity contribution is 6.04. The van der Waals surface area contributed by atoms with Crippen LogP contribution in [0.5, 0.6) is 0 Å². The number of hydrogen-bond acceptors (Lipinski definition) is 4. The van der Waals surface area contributed by atoms with Gasteiger partial charge in [-0.25, -0.2) is 14.5 Å². The molecule has 24 heavy (non-hydrogen) atoms. The highest BCUT2D eigenvalue weighted by atomic mass is 15.3. The summed E-state index contributed by atoms with van der Waals surface area (Å²) in [5.74, 6) is 0. The van der Waals surface area contributed by atoms with Gasteiger partial charge in [0.25, 0.3) is 0 Å². The van der Waals surface area contributed by atoms with E-state index in [0.29, 0.717) is 0 Å². The standard InChI is InChI=1S/C17H13N7/c1-23-9-12(7-21-23)13-2-4-18-17-16(13)14(8-19-17)11-3-5-24-15(6-11)20-10-22-24/h2-10H,1H3,(H,18,19). The van der Waals surface area contributed by atoms with Crippen LogP contribution in [0.25, 0.3) is 38.9 Å². The Bertz CT molecular complexity index is 1180. The smallest absolute Gasteiger partial charge is 0.155 e. The number of aromatic amines is 1. The number of aromatic nitrogens is 7. The fourth-order valence-electron chi connectivity index (χ4n) is 3.07. The first-order valence-electron chi connectivity index (χ1n) is 7.54. The first-order chi connectivity index (χ1) is 11.8. The summed E-state index contributed by atoms with van der Waals surface area (Å²) in [5, 5.41) is 9.51. The zero-order valence-electron chi connectivity index (χ0n) is 12.9. The van der Waals surface area contributed by atoms with E-state index >= 15 is 0 Å². The quantitative estimate of drug-likeness (QED) is 0.543. The van der Waals surface area contributed by atoms with Gasteiger partial charge in [0.15, 0.2) is 5.65 Å². The Morgan fingerprint density at radius 1 is 1.04 bits per heavy atom. The SMILES string of the molecule is Cn1cc(-c2ccnc3[nH]cc(-c4ccn5ncnc5c4)c23)cn1. The number of H-pyrrole nitrogens is 1. The average Bonchev–Trinajstić information content (AvgIpc) is 3.32. The lowest BCUT2D eigenvalue weighted by Crippen LogP contribution is -1.88. The summed E-state index contributed by atoms with van der Waals surface area (Å²) in [5.41, 5.74) is 5.99. The molecule has 0 saturated carbocycles. The molecule has 0 saturated heterocycles. The number of aryl methyl sites for hydroxylation is 1. The van der Waals surface area contributed by atoms with E-state index in [1.54, 1.807) is 15.5 Å². The van der Waals surface area contributed by atoms with Crippen LogP contribution in [-0.4, -0.2) is 34.3 Å². The van der Waals surface area contributed by atoms with E-state index in [0.717, 1.165) is 38.9 Å². The van der Waals surface area contributed by atoms with Gasteiger partial charge in [-0.1, -0.05) is 0 Å². The molecule has 0 amide bonds. The van der Waals surface area contributed by atoms with Gasteiger partial charge in [-0.05, 0) is 29.3 Å². The fraction of sp³-hybridized carbons (Fsp3) is 0.0588. The molecule has 116 valence electrons. The van der Waals surface area contributed by atoms with Crippen LogP contribution in [-0.2, 0) is 7.05 Å². The van der Waals surface area contributed by atoms with Gasteiger partial charge < -0.3 is 4.98 Å². The number of nitrogens with zero attached hydrogens (tertiary/aromatic N) is 6. The third-order valence-corrected chi connectivity index (χ3v) is 4.18. The van der Waals surface area contributed by atoms with Crippen LogP contribution in [0.1, 0.15) is 0 Å². The predicted octanol–water partition coefficient (Wildman–Crippen LogP) is 2.67. The highest BCUT2D eigenvalue weighted by Gasteiger charge is 2.14. The molecule has 5 aromatic rings. The molecule has 1 N–H and O–H groups in total. The van der Waals surface area contributed by atoms with Gasteiger partial charge in [-0.2, -0.15) is 10.2 Å². The highest BCUT2D eigenvalue weighted by Crippen LogP contribution is 2.35. The van der Waals surface area contributed by atoms with Crippen molar-refractivity contribution in [3.05, 3.63) is 55.5 Å². The number of rotatable bonds is 2. The van der Waals surface area contributed by atoms with Crippen molar-refractivity contribution < 1.29 is 0 Å². The summed E-state index contributed by atoms with van der Waals surface area (Å²) in [6, 6.07) is 6.08. The summed E-state index contributed by atoms with van der Waals surface area (Å²) in [7, 11) is 1.92. The number of hydrogen-bond donors (Lipinski definition) is 1. The van der Waals surface area contributed by atoms with Crippen molar-refractivity contribution in [2.45, 2.75) is 0 Å². The van der Waals surface area contributed by atoms with Gasteiger partial charge in [-0.3, -0.25) is 4.68 Å². The minimum Gasteiger partial charge on any atom is -0.345 e. The zero-order chi connectivity index (χ0) is 16.1. The van der Waals surface area contributed by atoms with Gasteiger partial charge >= 0.3 is 0 Å². The zero-order valence-corrected chi connectivity index (χ0v) is 12.9. The van der Waals surface area contributed by atoms with Crippen molar-refractivity contribution in [3.63, 3.8) is 0 Å². The van der Waals surface area contributed by atoms with Gasteiger partial charge in [0.2, 0.25) is 0 Å². The van der Waals surface area contributed by atoms with Gasteiger partial charge in [0.1, 0.15) is 12.0 Å². The predicted molar refractivity (Wildman–Crippen MR) is 90.3 cm³/mol. The summed E-state index contributed by atoms with van der Waals surface area (Å²) in [6.45, 7) is 0. The minimum atomic E-state index is 0.814. The van der Waals surface area contributed by atoms with Gasteiger partial charge in [-0.15, -0.1) is 0 Å². The maximum Gasteiger partial charge on any atom is 0.155 e. The molecular weight excluding hydrogens is 302 g/mol. The molecule has 5 heterocycles. The van der Waals surface area contributed by atoms with E-state index < -0.39 is 0 Å². The molecule has 5 aromatic heterocycles. The van der Waals surface area contributed by atoms with Crippen LogP contribution in [0.4, 0.5) is 0 Å². The topological polar surface area (TPSA) is 76.7 Å². The molecule has 0 aromatic carbocycles. The Labute approximate surface area is 136 Å². The minimum absolute atomic E-state index is 0.814. The van der Waals surface area contributed by atoms with Crippen LogP contribution >= 0.6 is 0 Å². The second kappa shape index (κ2) is 4.76. The molecule has 0 unspecified atom stereocenters. The van der Waals surface area contributed by atoms with Crippen molar-refractivity contribution in [1.82, 2.24) is 34.3 Å². The second-order valence-electron chi connectivity index (χ2n) is 5.67. The van der Waals surface area contributed by atoms with E-state index in [1.165, 1.54) is 0 Å². The molecule has 0 fully saturated rings. The van der Waals surface area contributed by atoms with E-state index in [9.17, 15) is 0 Å². The molecule has 5 rings (SSSR count). The maximum atomic E-state index is 4.46. The summed E-state index contributed by atoms with van der Waals surface area (Å²) in [4.78, 5) is 12.0. The first-order valence-corrected chi connectivity index (χ1v) is 7.54. The largest absolute Gasteiger partial charge is 0.345 e. The molecule has 0 atom stereocenters. The molecule has 0 aliphatic carbocycles. The average molecular weight is 315 g/mol. The fourth-order valence-corrected chi connectivity index (χ4v) is 3.07. The number of nitrogens with one attached hydrogen (secondary N) is 1.